The monoisotopic (exact) mass is 271 g/mol. The molecule has 2 unspecified atom stereocenters. The van der Waals surface area contributed by atoms with Crippen molar-refractivity contribution in [1.29, 1.82) is 0 Å². The lowest BCUT2D eigenvalue weighted by Gasteiger charge is -2.10. The molecule has 3 rings (SSSR count). The smallest absolute Gasteiger partial charge is 0.191 e. The van der Waals surface area contributed by atoms with Crippen LogP contribution in [0, 0.1) is 12.8 Å². The molecule has 0 saturated heterocycles. The van der Waals surface area contributed by atoms with Gasteiger partial charge in [0, 0.05) is 24.0 Å². The van der Waals surface area contributed by atoms with Crippen LogP contribution >= 0.6 is 0 Å². The standard InChI is InChI=1S/C16H21N3O/c1-10-8-13(10)19-16(17-3)18-9-15-11(2)12-6-4-5-7-14(12)20-15/h4-7,10,13H,8-9H2,1-3H3,(H2,17,18,19). The van der Waals surface area contributed by atoms with Crippen LogP contribution in [-0.2, 0) is 6.54 Å². The van der Waals surface area contributed by atoms with Gasteiger partial charge in [0.2, 0.25) is 0 Å². The number of aryl methyl sites for hydroxylation is 1. The Bertz CT molecular complexity index is 644. The van der Waals surface area contributed by atoms with Crippen LogP contribution in [0.25, 0.3) is 11.0 Å². The Morgan fingerprint density at radius 1 is 1.40 bits per heavy atom. The molecule has 2 aromatic rings. The summed E-state index contributed by atoms with van der Waals surface area (Å²) in [6, 6.07) is 8.70. The molecule has 0 amide bonds. The van der Waals surface area contributed by atoms with E-state index in [1.165, 1.54) is 17.4 Å². The van der Waals surface area contributed by atoms with E-state index in [9.17, 15) is 0 Å². The molecule has 0 radical (unpaired) electrons. The molecule has 4 nitrogen and oxygen atoms in total. The van der Waals surface area contributed by atoms with Gasteiger partial charge in [0.1, 0.15) is 11.3 Å². The van der Waals surface area contributed by atoms with E-state index in [4.69, 9.17) is 4.42 Å². The molecular weight excluding hydrogens is 250 g/mol. The number of nitrogens with zero attached hydrogens (tertiary/aromatic N) is 1. The zero-order valence-electron chi connectivity index (χ0n) is 12.2. The topological polar surface area (TPSA) is 49.6 Å². The van der Waals surface area contributed by atoms with Gasteiger partial charge in [0.05, 0.1) is 6.54 Å². The van der Waals surface area contributed by atoms with E-state index < -0.39 is 0 Å². The lowest BCUT2D eigenvalue weighted by molar-refractivity contribution is 0.534. The average Bonchev–Trinajstić information content (AvgIpc) is 3.06. The number of hydrogen-bond donors (Lipinski definition) is 2. The van der Waals surface area contributed by atoms with Crippen molar-refractivity contribution in [1.82, 2.24) is 10.6 Å². The molecule has 1 aliphatic rings. The minimum atomic E-state index is 0.568. The Morgan fingerprint density at radius 3 is 2.80 bits per heavy atom. The fourth-order valence-corrected chi connectivity index (χ4v) is 2.45. The quantitative estimate of drug-likeness (QED) is 0.666. The van der Waals surface area contributed by atoms with E-state index in [0.29, 0.717) is 12.6 Å². The third-order valence-corrected chi connectivity index (χ3v) is 4.01. The molecule has 1 aliphatic carbocycles. The van der Waals surface area contributed by atoms with Gasteiger partial charge in [-0.15, -0.1) is 0 Å². The fourth-order valence-electron chi connectivity index (χ4n) is 2.45. The van der Waals surface area contributed by atoms with Crippen LogP contribution in [0.1, 0.15) is 24.7 Å². The third-order valence-electron chi connectivity index (χ3n) is 4.01. The minimum Gasteiger partial charge on any atom is -0.459 e. The van der Waals surface area contributed by atoms with Gasteiger partial charge in [-0.25, -0.2) is 0 Å². The van der Waals surface area contributed by atoms with Crippen molar-refractivity contribution in [2.24, 2.45) is 10.9 Å². The van der Waals surface area contributed by atoms with Crippen molar-refractivity contribution >= 4 is 16.9 Å². The third kappa shape index (κ3) is 2.50. The highest BCUT2D eigenvalue weighted by Crippen LogP contribution is 2.29. The predicted molar refractivity (Wildman–Crippen MR) is 81.9 cm³/mol. The molecule has 0 bridgehead atoms. The Kier molecular flexibility index (Phi) is 3.38. The number of nitrogens with one attached hydrogen (secondary N) is 2. The Morgan fingerprint density at radius 2 is 2.15 bits per heavy atom. The lowest BCUT2D eigenvalue weighted by Crippen LogP contribution is -2.38. The first-order chi connectivity index (χ1) is 9.69. The van der Waals surface area contributed by atoms with Gasteiger partial charge in [0.15, 0.2) is 5.96 Å². The first-order valence-corrected chi connectivity index (χ1v) is 7.13. The summed E-state index contributed by atoms with van der Waals surface area (Å²) in [6.45, 7) is 5.00. The second-order valence-electron chi connectivity index (χ2n) is 5.54. The number of furan rings is 1. The minimum absolute atomic E-state index is 0.568. The summed E-state index contributed by atoms with van der Waals surface area (Å²) in [5.41, 5.74) is 2.14. The highest BCUT2D eigenvalue weighted by atomic mass is 16.3. The normalized spacial score (nSPS) is 22.1. The van der Waals surface area contributed by atoms with E-state index in [1.807, 2.05) is 18.2 Å². The molecule has 1 saturated carbocycles. The molecule has 20 heavy (non-hydrogen) atoms. The molecule has 1 fully saturated rings. The van der Waals surface area contributed by atoms with Crippen molar-refractivity contribution in [2.45, 2.75) is 32.9 Å². The molecule has 1 aromatic heterocycles. The number of benzene rings is 1. The van der Waals surface area contributed by atoms with Crippen LogP contribution < -0.4 is 10.6 Å². The van der Waals surface area contributed by atoms with E-state index >= 15 is 0 Å². The van der Waals surface area contributed by atoms with E-state index in [2.05, 4.69) is 35.5 Å². The Balaban J connectivity index is 1.68. The van der Waals surface area contributed by atoms with Gasteiger partial charge in [-0.05, 0) is 25.3 Å². The van der Waals surface area contributed by atoms with Crippen LogP contribution in [-0.4, -0.2) is 19.0 Å². The molecule has 1 heterocycles. The molecule has 2 N–H and O–H groups in total. The molecular formula is C16H21N3O. The number of rotatable bonds is 3. The van der Waals surface area contributed by atoms with Gasteiger partial charge < -0.3 is 15.1 Å². The number of hydrogen-bond acceptors (Lipinski definition) is 2. The number of guanidine groups is 1. The average molecular weight is 271 g/mol. The lowest BCUT2D eigenvalue weighted by atomic mass is 10.1. The number of fused-ring (bicyclic) bond motifs is 1. The van der Waals surface area contributed by atoms with Crippen LogP contribution in [0.3, 0.4) is 0 Å². The number of para-hydroxylation sites is 1. The summed E-state index contributed by atoms with van der Waals surface area (Å²) in [6.07, 6.45) is 1.23. The molecule has 106 valence electrons. The first kappa shape index (κ1) is 13.0. The van der Waals surface area contributed by atoms with Gasteiger partial charge >= 0.3 is 0 Å². The van der Waals surface area contributed by atoms with Crippen LogP contribution in [0.15, 0.2) is 33.7 Å². The van der Waals surface area contributed by atoms with Crippen LogP contribution in [0.2, 0.25) is 0 Å². The van der Waals surface area contributed by atoms with Crippen LogP contribution in [0.4, 0.5) is 0 Å². The second-order valence-corrected chi connectivity index (χ2v) is 5.54. The van der Waals surface area contributed by atoms with Crippen molar-refractivity contribution in [3.8, 4) is 0 Å². The molecule has 0 aliphatic heterocycles. The van der Waals surface area contributed by atoms with E-state index in [-0.39, 0.29) is 0 Å². The maximum absolute atomic E-state index is 5.89. The van der Waals surface area contributed by atoms with Crippen molar-refractivity contribution in [3.63, 3.8) is 0 Å². The summed E-state index contributed by atoms with van der Waals surface area (Å²) in [5.74, 6) is 2.57. The van der Waals surface area contributed by atoms with E-state index in [1.54, 1.807) is 7.05 Å². The maximum atomic E-state index is 5.89. The summed E-state index contributed by atoms with van der Waals surface area (Å²) in [4.78, 5) is 4.25. The zero-order valence-corrected chi connectivity index (χ0v) is 12.2. The zero-order chi connectivity index (χ0) is 14.1. The second kappa shape index (κ2) is 5.19. The highest BCUT2D eigenvalue weighted by molar-refractivity contribution is 5.83. The largest absolute Gasteiger partial charge is 0.459 e. The van der Waals surface area contributed by atoms with Gasteiger partial charge in [-0.1, -0.05) is 25.1 Å². The summed E-state index contributed by atoms with van der Waals surface area (Å²) in [5, 5.41) is 7.92. The van der Waals surface area contributed by atoms with Gasteiger partial charge in [0.25, 0.3) is 0 Å². The Labute approximate surface area is 119 Å². The number of aliphatic imine (C=N–C) groups is 1. The molecule has 1 aromatic carbocycles. The van der Waals surface area contributed by atoms with Crippen molar-refractivity contribution in [3.05, 3.63) is 35.6 Å². The van der Waals surface area contributed by atoms with Gasteiger partial charge in [-0.2, -0.15) is 0 Å². The molecule has 2 atom stereocenters. The summed E-state index contributed by atoms with van der Waals surface area (Å²) < 4.78 is 5.89. The predicted octanol–water partition coefficient (Wildman–Crippen LogP) is 2.81. The maximum Gasteiger partial charge on any atom is 0.191 e. The Hall–Kier alpha value is -1.97. The molecule has 4 heteroatoms. The summed E-state index contributed by atoms with van der Waals surface area (Å²) in [7, 11) is 1.80. The van der Waals surface area contributed by atoms with Crippen LogP contribution in [0.5, 0.6) is 0 Å². The fraction of sp³-hybridized carbons (Fsp3) is 0.438. The molecule has 0 spiro atoms. The summed E-state index contributed by atoms with van der Waals surface area (Å²) >= 11 is 0. The van der Waals surface area contributed by atoms with Gasteiger partial charge in [-0.3, -0.25) is 4.99 Å². The SMILES string of the molecule is CN=C(NCc1oc2ccccc2c1C)NC1CC1C. The first-order valence-electron chi connectivity index (χ1n) is 7.13. The van der Waals surface area contributed by atoms with Crippen molar-refractivity contribution < 1.29 is 4.42 Å². The van der Waals surface area contributed by atoms with E-state index in [0.717, 1.165) is 23.2 Å². The highest BCUT2D eigenvalue weighted by Gasteiger charge is 2.33. The van der Waals surface area contributed by atoms with Crippen molar-refractivity contribution in [2.75, 3.05) is 7.05 Å².